The van der Waals surface area contributed by atoms with Crippen molar-refractivity contribution >= 4 is 32.9 Å². The van der Waals surface area contributed by atoms with Gasteiger partial charge in [0.2, 0.25) is 10.0 Å². The van der Waals surface area contributed by atoms with Crippen LogP contribution in [0.1, 0.15) is 36.6 Å². The average Bonchev–Trinajstić information content (AvgIpc) is 3.00. The van der Waals surface area contributed by atoms with Gasteiger partial charge in [0.1, 0.15) is 17.5 Å². The van der Waals surface area contributed by atoms with E-state index in [1.165, 1.54) is 16.4 Å². The van der Waals surface area contributed by atoms with Crippen molar-refractivity contribution in [1.29, 1.82) is 0 Å². The van der Waals surface area contributed by atoms with E-state index in [0.29, 0.717) is 61.7 Å². The molecule has 5 rings (SSSR count). The molecule has 0 spiro atoms. The number of aromatic nitrogens is 2. The maximum absolute atomic E-state index is 14.2. The van der Waals surface area contributed by atoms with Gasteiger partial charge in [0.15, 0.2) is 0 Å². The summed E-state index contributed by atoms with van der Waals surface area (Å²) in [6, 6.07) is 16.4. The Bertz CT molecular complexity index is 1620. The second kappa shape index (κ2) is 12.9. The van der Waals surface area contributed by atoms with Gasteiger partial charge in [-0.1, -0.05) is 6.92 Å². The summed E-state index contributed by atoms with van der Waals surface area (Å²) in [5.74, 6) is 0.0410. The Morgan fingerprint density at radius 3 is 2.21 bits per heavy atom. The number of hydrogen-bond acceptors (Lipinski definition) is 7. The second-order valence-corrected chi connectivity index (χ2v) is 12.2. The van der Waals surface area contributed by atoms with Crippen molar-refractivity contribution in [2.75, 3.05) is 23.7 Å². The summed E-state index contributed by atoms with van der Waals surface area (Å²) in [4.78, 5) is 8.83. The smallest absolute Gasteiger partial charge is 0.243 e. The molecule has 0 radical (unpaired) electrons. The van der Waals surface area contributed by atoms with Crippen LogP contribution >= 0.6 is 0 Å². The number of halogens is 2. The van der Waals surface area contributed by atoms with Crippen LogP contribution in [0, 0.1) is 18.6 Å². The fourth-order valence-corrected chi connectivity index (χ4v) is 6.49. The maximum atomic E-state index is 14.2. The summed E-state index contributed by atoms with van der Waals surface area (Å²) < 4.78 is 55.7. The molecule has 4 aromatic rings. The fourth-order valence-electron chi connectivity index (χ4n) is 5.02. The van der Waals surface area contributed by atoms with Gasteiger partial charge in [-0.3, -0.25) is 4.98 Å². The van der Waals surface area contributed by atoms with Crippen molar-refractivity contribution in [1.82, 2.24) is 19.6 Å². The first-order chi connectivity index (χ1) is 20.2. The van der Waals surface area contributed by atoms with Crippen molar-refractivity contribution in [2.45, 2.75) is 50.6 Å². The Morgan fingerprint density at radius 2 is 1.52 bits per heavy atom. The lowest BCUT2D eigenvalue weighted by Crippen LogP contribution is -2.44. The zero-order valence-electron chi connectivity index (χ0n) is 23.6. The molecule has 2 aromatic heterocycles. The number of aryl methyl sites for hydroxylation is 1. The van der Waals surface area contributed by atoms with Crippen molar-refractivity contribution in [3.63, 3.8) is 0 Å². The van der Waals surface area contributed by atoms with Gasteiger partial charge in [0.05, 0.1) is 10.6 Å². The standard InChI is InChI=1S/C31H34F2N6O2S/c1-3-27-28(37-24-6-4-22(32)5-7-24)13-17-35-31(27)38-25-8-10-26(11-9-25)42(40,41)39-18-14-23(15-19-39)36-20-29-30(33)21(2)12-16-34-29/h4-13,16-17,23,36H,3,14-15,18-20H2,1-2H3,(H2,35,37,38). The number of rotatable bonds is 10. The minimum atomic E-state index is -3.66. The van der Waals surface area contributed by atoms with E-state index in [1.54, 1.807) is 61.8 Å². The number of nitrogens with zero attached hydrogens (tertiary/aromatic N) is 3. The van der Waals surface area contributed by atoms with E-state index < -0.39 is 10.0 Å². The maximum Gasteiger partial charge on any atom is 0.243 e. The number of hydrogen-bond donors (Lipinski definition) is 3. The van der Waals surface area contributed by atoms with E-state index in [1.807, 2.05) is 13.0 Å². The molecule has 0 aliphatic carbocycles. The molecule has 0 saturated carbocycles. The molecular weight excluding hydrogens is 558 g/mol. The lowest BCUT2D eigenvalue weighted by Gasteiger charge is -2.31. The average molecular weight is 593 g/mol. The minimum Gasteiger partial charge on any atom is -0.355 e. The molecular formula is C31H34F2N6O2S. The Labute approximate surface area is 245 Å². The largest absolute Gasteiger partial charge is 0.355 e. The van der Waals surface area contributed by atoms with Crippen molar-refractivity contribution in [3.05, 3.63) is 102 Å². The van der Waals surface area contributed by atoms with Gasteiger partial charge in [-0.2, -0.15) is 4.31 Å². The number of benzene rings is 2. The lowest BCUT2D eigenvalue weighted by molar-refractivity contribution is 0.287. The van der Waals surface area contributed by atoms with Crippen molar-refractivity contribution in [3.8, 4) is 0 Å². The molecule has 1 saturated heterocycles. The number of sulfonamides is 1. The fraction of sp³-hybridized carbons (Fsp3) is 0.290. The molecule has 0 atom stereocenters. The van der Waals surface area contributed by atoms with Gasteiger partial charge in [-0.25, -0.2) is 22.2 Å². The predicted molar refractivity (Wildman–Crippen MR) is 161 cm³/mol. The third-order valence-electron chi connectivity index (χ3n) is 7.45. The molecule has 3 N–H and O–H groups in total. The van der Waals surface area contributed by atoms with E-state index in [9.17, 15) is 17.2 Å². The highest BCUT2D eigenvalue weighted by atomic mass is 32.2. The van der Waals surface area contributed by atoms with E-state index in [2.05, 4.69) is 25.9 Å². The van der Waals surface area contributed by atoms with Gasteiger partial charge in [-0.05, 0) is 92.4 Å². The van der Waals surface area contributed by atoms with Crippen molar-refractivity contribution < 1.29 is 17.2 Å². The summed E-state index contributed by atoms with van der Waals surface area (Å²) in [6.45, 7) is 4.78. The monoisotopic (exact) mass is 592 g/mol. The Morgan fingerprint density at radius 1 is 0.881 bits per heavy atom. The first-order valence-corrected chi connectivity index (χ1v) is 15.4. The first kappa shape index (κ1) is 29.6. The zero-order valence-corrected chi connectivity index (χ0v) is 24.4. The van der Waals surface area contributed by atoms with E-state index in [4.69, 9.17) is 0 Å². The van der Waals surface area contributed by atoms with Crippen LogP contribution in [0.25, 0.3) is 0 Å². The van der Waals surface area contributed by atoms with Crippen LogP contribution in [0.4, 0.5) is 31.7 Å². The Kier molecular flexibility index (Phi) is 9.10. The summed E-state index contributed by atoms with van der Waals surface area (Å²) in [5, 5.41) is 9.93. The first-order valence-electron chi connectivity index (χ1n) is 14.0. The third kappa shape index (κ3) is 6.75. The highest BCUT2D eigenvalue weighted by Gasteiger charge is 2.29. The van der Waals surface area contributed by atoms with Crippen LogP contribution in [0.15, 0.2) is 78.0 Å². The molecule has 1 aliphatic heterocycles. The summed E-state index contributed by atoms with van der Waals surface area (Å²) >= 11 is 0. The molecule has 8 nitrogen and oxygen atoms in total. The van der Waals surface area contributed by atoms with Crippen LogP contribution in [-0.2, 0) is 23.0 Å². The molecule has 1 fully saturated rings. The Balaban J connectivity index is 1.20. The number of nitrogens with one attached hydrogen (secondary N) is 3. The summed E-state index contributed by atoms with van der Waals surface area (Å²) in [5.41, 5.74) is 4.17. The van der Waals surface area contributed by atoms with Crippen LogP contribution in [0.5, 0.6) is 0 Å². The highest BCUT2D eigenvalue weighted by molar-refractivity contribution is 7.89. The predicted octanol–water partition coefficient (Wildman–Crippen LogP) is 6.06. The SMILES string of the molecule is CCc1c(Nc2ccc(F)cc2)ccnc1Nc1ccc(S(=O)(=O)N2CCC(NCc3nccc(C)c3F)CC2)cc1. The molecule has 0 unspecified atom stereocenters. The molecule has 3 heterocycles. The normalized spacial score (nSPS) is 14.6. The van der Waals surface area contributed by atoms with Gasteiger partial charge >= 0.3 is 0 Å². The molecule has 0 amide bonds. The zero-order chi connectivity index (χ0) is 29.7. The van der Waals surface area contributed by atoms with Gasteiger partial charge < -0.3 is 16.0 Å². The molecule has 11 heteroatoms. The van der Waals surface area contributed by atoms with Gasteiger partial charge in [0.25, 0.3) is 0 Å². The summed E-state index contributed by atoms with van der Waals surface area (Å²) in [6.07, 6.45) is 5.21. The number of pyridine rings is 2. The highest BCUT2D eigenvalue weighted by Crippen LogP contribution is 2.29. The van der Waals surface area contributed by atoms with E-state index in [-0.39, 0.29) is 22.6 Å². The minimum absolute atomic E-state index is 0.0818. The molecule has 2 aromatic carbocycles. The van der Waals surface area contributed by atoms with Gasteiger partial charge in [0, 0.05) is 60.7 Å². The topological polar surface area (TPSA) is 99.2 Å². The van der Waals surface area contributed by atoms with Crippen LogP contribution < -0.4 is 16.0 Å². The molecule has 220 valence electrons. The van der Waals surface area contributed by atoms with Crippen LogP contribution in [0.3, 0.4) is 0 Å². The number of piperidine rings is 1. The van der Waals surface area contributed by atoms with Crippen molar-refractivity contribution in [2.24, 2.45) is 0 Å². The quantitative estimate of drug-likeness (QED) is 0.206. The number of anilines is 4. The Hall–Kier alpha value is -3.93. The second-order valence-electron chi connectivity index (χ2n) is 10.3. The summed E-state index contributed by atoms with van der Waals surface area (Å²) in [7, 11) is -3.66. The third-order valence-corrected chi connectivity index (χ3v) is 9.37. The molecule has 0 bridgehead atoms. The van der Waals surface area contributed by atoms with E-state index >= 15 is 0 Å². The van der Waals surface area contributed by atoms with E-state index in [0.717, 1.165) is 16.9 Å². The van der Waals surface area contributed by atoms with Crippen LogP contribution in [-0.4, -0.2) is 41.8 Å². The lowest BCUT2D eigenvalue weighted by atomic mass is 10.1. The van der Waals surface area contributed by atoms with Crippen LogP contribution in [0.2, 0.25) is 0 Å². The van der Waals surface area contributed by atoms with Gasteiger partial charge in [-0.15, -0.1) is 0 Å². The molecule has 42 heavy (non-hydrogen) atoms. The molecule has 1 aliphatic rings.